The summed E-state index contributed by atoms with van der Waals surface area (Å²) in [6.07, 6.45) is 1.53. The lowest BCUT2D eigenvalue weighted by Gasteiger charge is -2.29. The number of hydrogen-bond acceptors (Lipinski definition) is 1. The van der Waals surface area contributed by atoms with Crippen molar-refractivity contribution < 1.29 is 23.1 Å². The highest BCUT2D eigenvalue weighted by Crippen LogP contribution is 2.34. The number of hydrogen-bond donors (Lipinski definition) is 2. The van der Waals surface area contributed by atoms with Crippen LogP contribution in [0.5, 0.6) is 0 Å². The molecule has 0 aromatic heterocycles. The third kappa shape index (κ3) is 3.19. The Morgan fingerprint density at radius 1 is 1.21 bits per heavy atom. The molecule has 0 aliphatic heterocycles. The summed E-state index contributed by atoms with van der Waals surface area (Å²) in [6, 6.07) is 1.76. The maximum Gasteiger partial charge on any atom is 0.404 e. The summed E-state index contributed by atoms with van der Waals surface area (Å²) in [5, 5.41) is 11.0. The topological polar surface area (TPSA) is 49.3 Å². The zero-order valence-corrected chi connectivity index (χ0v) is 10.1. The molecule has 1 saturated carbocycles. The third-order valence-electron chi connectivity index (χ3n) is 3.48. The van der Waals surface area contributed by atoms with Gasteiger partial charge in [-0.3, -0.25) is 0 Å². The van der Waals surface area contributed by atoms with Crippen molar-refractivity contribution in [1.29, 1.82) is 0 Å². The average molecular weight is 273 g/mol. The number of carbonyl (C=O) groups is 1. The molecule has 19 heavy (non-hydrogen) atoms. The van der Waals surface area contributed by atoms with Gasteiger partial charge < -0.3 is 10.4 Å². The van der Waals surface area contributed by atoms with Crippen LogP contribution < -0.4 is 5.32 Å². The Kier molecular flexibility index (Phi) is 3.97. The summed E-state index contributed by atoms with van der Waals surface area (Å²) in [7, 11) is 0. The Hall–Kier alpha value is -1.72. The van der Waals surface area contributed by atoms with E-state index in [1.807, 2.05) is 0 Å². The molecule has 1 fully saturated rings. The lowest BCUT2D eigenvalue weighted by molar-refractivity contribution is 0.184. The summed E-state index contributed by atoms with van der Waals surface area (Å²) in [5.74, 6) is -4.04. The summed E-state index contributed by atoms with van der Waals surface area (Å²) >= 11 is 0. The van der Waals surface area contributed by atoms with Gasteiger partial charge in [-0.15, -0.1) is 0 Å². The molecule has 0 spiro atoms. The fourth-order valence-electron chi connectivity index (χ4n) is 2.61. The highest BCUT2D eigenvalue weighted by atomic mass is 19.2. The number of rotatable bonds is 2. The number of nitrogens with one attached hydrogen (secondary N) is 1. The molecule has 3 nitrogen and oxygen atoms in total. The standard InChI is InChI=1S/C13H14F3NO2/c14-10-5-8(6-11(15)12(10)16)7-2-1-3-9(4-7)17-13(18)19/h5-7,9,17H,1-4H2,(H,18,19). The Morgan fingerprint density at radius 3 is 2.42 bits per heavy atom. The van der Waals surface area contributed by atoms with Crippen LogP contribution in [0.25, 0.3) is 0 Å². The van der Waals surface area contributed by atoms with E-state index in [0.717, 1.165) is 18.6 Å². The van der Waals surface area contributed by atoms with Crippen molar-refractivity contribution in [3.63, 3.8) is 0 Å². The first-order valence-corrected chi connectivity index (χ1v) is 6.11. The van der Waals surface area contributed by atoms with Crippen molar-refractivity contribution in [2.45, 2.75) is 37.6 Å². The van der Waals surface area contributed by atoms with Crippen molar-refractivity contribution in [3.8, 4) is 0 Å². The van der Waals surface area contributed by atoms with Crippen molar-refractivity contribution in [2.24, 2.45) is 0 Å². The normalized spacial score (nSPS) is 23.1. The molecule has 2 unspecified atom stereocenters. The molecule has 0 heterocycles. The first-order chi connectivity index (χ1) is 8.97. The van der Waals surface area contributed by atoms with Gasteiger partial charge in [-0.2, -0.15) is 0 Å². The quantitative estimate of drug-likeness (QED) is 0.811. The predicted molar refractivity (Wildman–Crippen MR) is 62.5 cm³/mol. The predicted octanol–water partition coefficient (Wildman–Crippen LogP) is 3.40. The van der Waals surface area contributed by atoms with Crippen LogP contribution in [0.4, 0.5) is 18.0 Å². The molecular formula is C13H14F3NO2. The minimum Gasteiger partial charge on any atom is -0.465 e. The van der Waals surface area contributed by atoms with Crippen LogP contribution in [0.15, 0.2) is 12.1 Å². The van der Waals surface area contributed by atoms with E-state index >= 15 is 0 Å². The SMILES string of the molecule is O=C(O)NC1CCCC(c2cc(F)c(F)c(F)c2)C1. The number of amides is 1. The Balaban J connectivity index is 2.15. The van der Waals surface area contributed by atoms with E-state index < -0.39 is 23.5 Å². The molecule has 1 aliphatic rings. The maximum atomic E-state index is 13.2. The summed E-state index contributed by atoms with van der Waals surface area (Å²) in [5.41, 5.74) is 0.383. The molecule has 2 rings (SSSR count). The fraction of sp³-hybridized carbons (Fsp3) is 0.462. The van der Waals surface area contributed by atoms with Gasteiger partial charge in [0, 0.05) is 6.04 Å². The van der Waals surface area contributed by atoms with Gasteiger partial charge in [0.1, 0.15) is 0 Å². The average Bonchev–Trinajstić information content (AvgIpc) is 2.35. The fourth-order valence-corrected chi connectivity index (χ4v) is 2.61. The van der Waals surface area contributed by atoms with Crippen LogP contribution in [-0.4, -0.2) is 17.2 Å². The number of halogens is 3. The van der Waals surface area contributed by atoms with E-state index in [0.29, 0.717) is 24.8 Å². The van der Waals surface area contributed by atoms with E-state index in [9.17, 15) is 18.0 Å². The number of benzene rings is 1. The van der Waals surface area contributed by atoms with E-state index in [4.69, 9.17) is 5.11 Å². The minimum absolute atomic E-state index is 0.157. The monoisotopic (exact) mass is 273 g/mol. The smallest absolute Gasteiger partial charge is 0.404 e. The molecule has 0 bridgehead atoms. The molecule has 2 atom stereocenters. The van der Waals surface area contributed by atoms with Crippen molar-refractivity contribution >= 4 is 6.09 Å². The van der Waals surface area contributed by atoms with Gasteiger partial charge in [0.2, 0.25) is 0 Å². The number of carboxylic acid groups (broad SMARTS) is 1. The Morgan fingerprint density at radius 2 is 1.84 bits per heavy atom. The van der Waals surface area contributed by atoms with Crippen LogP contribution in [-0.2, 0) is 0 Å². The second kappa shape index (κ2) is 5.50. The van der Waals surface area contributed by atoms with Gasteiger partial charge in [0.15, 0.2) is 17.5 Å². The van der Waals surface area contributed by atoms with E-state index in [1.54, 1.807) is 0 Å². The van der Waals surface area contributed by atoms with Gasteiger partial charge >= 0.3 is 6.09 Å². The minimum atomic E-state index is -1.47. The molecule has 2 N–H and O–H groups in total. The van der Waals surface area contributed by atoms with Crippen LogP contribution in [0.1, 0.15) is 37.2 Å². The molecule has 0 saturated heterocycles. The lowest BCUT2D eigenvalue weighted by atomic mass is 9.81. The summed E-state index contributed by atoms with van der Waals surface area (Å²) in [4.78, 5) is 10.6. The van der Waals surface area contributed by atoms with Gasteiger partial charge in [-0.25, -0.2) is 18.0 Å². The highest BCUT2D eigenvalue weighted by Gasteiger charge is 2.25. The molecule has 1 amide bonds. The zero-order valence-electron chi connectivity index (χ0n) is 10.1. The first-order valence-electron chi connectivity index (χ1n) is 6.11. The largest absolute Gasteiger partial charge is 0.465 e. The first kappa shape index (κ1) is 13.7. The lowest BCUT2D eigenvalue weighted by Crippen LogP contribution is -2.37. The van der Waals surface area contributed by atoms with Gasteiger partial charge in [0.05, 0.1) is 0 Å². The molecule has 1 aromatic carbocycles. The molecule has 104 valence electrons. The molecule has 6 heteroatoms. The summed E-state index contributed by atoms with van der Waals surface area (Å²) < 4.78 is 39.2. The Bertz CT molecular complexity index is 470. The van der Waals surface area contributed by atoms with Crippen LogP contribution in [0.3, 0.4) is 0 Å². The Labute approximate surface area is 108 Å². The molecular weight excluding hydrogens is 259 g/mol. The van der Waals surface area contributed by atoms with Gasteiger partial charge in [-0.1, -0.05) is 6.42 Å². The second-order valence-corrected chi connectivity index (χ2v) is 4.81. The van der Waals surface area contributed by atoms with Crippen LogP contribution in [0, 0.1) is 17.5 Å². The van der Waals surface area contributed by atoms with Crippen molar-refractivity contribution in [3.05, 3.63) is 35.1 Å². The van der Waals surface area contributed by atoms with Crippen LogP contribution >= 0.6 is 0 Å². The van der Waals surface area contributed by atoms with Gasteiger partial charge in [-0.05, 0) is 42.9 Å². The molecule has 1 aliphatic carbocycles. The van der Waals surface area contributed by atoms with E-state index in [2.05, 4.69) is 5.32 Å². The molecule has 0 radical (unpaired) electrons. The van der Waals surface area contributed by atoms with Crippen molar-refractivity contribution in [1.82, 2.24) is 5.32 Å². The summed E-state index contributed by atoms with van der Waals surface area (Å²) in [6.45, 7) is 0. The third-order valence-corrected chi connectivity index (χ3v) is 3.48. The highest BCUT2D eigenvalue weighted by molar-refractivity contribution is 5.64. The van der Waals surface area contributed by atoms with E-state index in [-0.39, 0.29) is 12.0 Å². The van der Waals surface area contributed by atoms with Crippen LogP contribution in [0.2, 0.25) is 0 Å². The molecule has 1 aromatic rings. The second-order valence-electron chi connectivity index (χ2n) is 4.81. The van der Waals surface area contributed by atoms with Crippen molar-refractivity contribution in [2.75, 3.05) is 0 Å². The van der Waals surface area contributed by atoms with E-state index in [1.165, 1.54) is 0 Å². The maximum absolute atomic E-state index is 13.2. The van der Waals surface area contributed by atoms with Gasteiger partial charge in [0.25, 0.3) is 0 Å². The zero-order chi connectivity index (χ0) is 14.0.